The summed E-state index contributed by atoms with van der Waals surface area (Å²) >= 11 is 0. The van der Waals surface area contributed by atoms with Crippen molar-refractivity contribution in [2.24, 2.45) is 4.99 Å². The van der Waals surface area contributed by atoms with E-state index in [1.807, 2.05) is 53.4 Å². The first kappa shape index (κ1) is 17.4. The molecule has 1 aliphatic carbocycles. The van der Waals surface area contributed by atoms with Gasteiger partial charge in [0.15, 0.2) is 5.43 Å². The predicted octanol–water partition coefficient (Wildman–Crippen LogP) is 5.26. The fourth-order valence-corrected chi connectivity index (χ4v) is 3.90. The first-order valence-corrected chi connectivity index (χ1v) is 9.76. The lowest BCUT2D eigenvalue weighted by molar-refractivity contribution is 0.942. The van der Waals surface area contributed by atoms with Crippen molar-refractivity contribution in [2.45, 2.75) is 12.0 Å². The second-order valence-corrected chi connectivity index (χ2v) is 7.25. The molecule has 3 aromatic rings. The summed E-state index contributed by atoms with van der Waals surface area (Å²) in [4.78, 5) is 17.3. The molecule has 1 atom stereocenters. The minimum absolute atomic E-state index is 0.0109. The van der Waals surface area contributed by atoms with Crippen LogP contribution in [0.5, 0.6) is 0 Å². The van der Waals surface area contributed by atoms with Crippen molar-refractivity contribution in [2.75, 3.05) is 0 Å². The van der Waals surface area contributed by atoms with Gasteiger partial charge in [-0.05, 0) is 34.9 Å². The Morgan fingerprint density at radius 1 is 0.828 bits per heavy atom. The molecule has 0 N–H and O–H groups in total. The van der Waals surface area contributed by atoms with Crippen LogP contribution in [0.4, 0.5) is 0 Å². The van der Waals surface area contributed by atoms with Gasteiger partial charge in [-0.2, -0.15) is 0 Å². The summed E-state index contributed by atoms with van der Waals surface area (Å²) in [7, 11) is 0. The molecule has 2 aliphatic rings. The van der Waals surface area contributed by atoms with Crippen LogP contribution in [0.3, 0.4) is 0 Å². The number of aromatic nitrogens is 1. The van der Waals surface area contributed by atoms with Crippen LogP contribution in [0.25, 0.3) is 11.3 Å². The molecule has 140 valence electrons. The molecule has 1 aliphatic heterocycles. The van der Waals surface area contributed by atoms with Crippen LogP contribution < -0.4 is 5.43 Å². The van der Waals surface area contributed by atoms with Crippen LogP contribution in [0.1, 0.15) is 28.7 Å². The molecular formula is C26H20N2O. The summed E-state index contributed by atoms with van der Waals surface area (Å²) in [6, 6.07) is 20.1. The van der Waals surface area contributed by atoms with Crippen LogP contribution in [0, 0.1) is 0 Å². The highest BCUT2D eigenvalue weighted by Gasteiger charge is 2.22. The van der Waals surface area contributed by atoms with Crippen LogP contribution in [0.15, 0.2) is 113 Å². The number of nitrogens with zero attached hydrogens (tertiary/aromatic N) is 2. The lowest BCUT2D eigenvalue weighted by Gasteiger charge is -2.15. The van der Waals surface area contributed by atoms with Crippen molar-refractivity contribution >= 4 is 11.8 Å². The maximum Gasteiger partial charge on any atom is 0.189 e. The second-order valence-electron chi connectivity index (χ2n) is 7.25. The number of pyridine rings is 1. The van der Waals surface area contributed by atoms with Crippen LogP contribution in [-0.4, -0.2) is 10.8 Å². The Kier molecular flexibility index (Phi) is 4.41. The molecular weight excluding hydrogens is 356 g/mol. The van der Waals surface area contributed by atoms with E-state index in [9.17, 15) is 4.79 Å². The molecule has 0 saturated heterocycles. The molecule has 0 bridgehead atoms. The summed E-state index contributed by atoms with van der Waals surface area (Å²) in [5.74, 6) is 0.348. The molecule has 3 heteroatoms. The third kappa shape index (κ3) is 3.32. The van der Waals surface area contributed by atoms with Crippen LogP contribution in [-0.2, 0) is 0 Å². The van der Waals surface area contributed by atoms with Gasteiger partial charge in [-0.3, -0.25) is 9.79 Å². The monoisotopic (exact) mass is 376 g/mol. The minimum atomic E-state index is -0.136. The summed E-state index contributed by atoms with van der Waals surface area (Å²) in [5.41, 5.74) is 5.01. The first-order chi connectivity index (χ1) is 14.3. The molecule has 0 saturated carbocycles. The molecule has 0 fully saturated rings. The normalized spacial score (nSPS) is 17.8. The smallest absolute Gasteiger partial charge is 0.189 e. The molecule has 5 rings (SSSR count). The highest BCUT2D eigenvalue weighted by molar-refractivity contribution is 5.91. The Labute approximate surface area is 169 Å². The Morgan fingerprint density at radius 3 is 2.34 bits per heavy atom. The quantitative estimate of drug-likeness (QED) is 0.612. The third-order valence-corrected chi connectivity index (χ3v) is 5.45. The second kappa shape index (κ2) is 7.36. The molecule has 3 nitrogen and oxygen atoms in total. The van der Waals surface area contributed by atoms with E-state index in [2.05, 4.69) is 53.6 Å². The molecule has 2 heterocycles. The Balaban J connectivity index is 1.49. The number of rotatable bonds is 4. The molecule has 1 unspecified atom stereocenters. The van der Waals surface area contributed by atoms with Gasteiger partial charge in [0, 0.05) is 41.8 Å². The molecule has 2 aromatic carbocycles. The fraction of sp³-hybridized carbons (Fsp3) is 0.0769. The lowest BCUT2D eigenvalue weighted by Crippen LogP contribution is -2.12. The third-order valence-electron chi connectivity index (χ3n) is 5.45. The fourth-order valence-electron chi connectivity index (χ4n) is 3.90. The molecule has 0 amide bonds. The summed E-state index contributed by atoms with van der Waals surface area (Å²) in [5, 5.41) is 0. The van der Waals surface area contributed by atoms with Gasteiger partial charge in [0.1, 0.15) is 6.04 Å². The van der Waals surface area contributed by atoms with E-state index in [1.165, 1.54) is 5.56 Å². The maximum atomic E-state index is 12.7. The van der Waals surface area contributed by atoms with Crippen LogP contribution in [0.2, 0.25) is 0 Å². The highest BCUT2D eigenvalue weighted by Crippen LogP contribution is 2.34. The van der Waals surface area contributed by atoms with Gasteiger partial charge < -0.3 is 4.57 Å². The van der Waals surface area contributed by atoms with E-state index in [4.69, 9.17) is 0 Å². The van der Waals surface area contributed by atoms with E-state index < -0.39 is 0 Å². The van der Waals surface area contributed by atoms with Gasteiger partial charge in [-0.15, -0.1) is 0 Å². The van der Waals surface area contributed by atoms with Gasteiger partial charge >= 0.3 is 0 Å². The minimum Gasteiger partial charge on any atom is -0.323 e. The zero-order valence-electron chi connectivity index (χ0n) is 15.8. The van der Waals surface area contributed by atoms with Crippen molar-refractivity contribution in [3.05, 3.63) is 130 Å². The number of hydrogen-bond donors (Lipinski definition) is 0. The van der Waals surface area contributed by atoms with Crippen LogP contribution >= 0.6 is 0 Å². The zero-order chi connectivity index (χ0) is 19.6. The first-order valence-electron chi connectivity index (χ1n) is 9.76. The standard InChI is InChI=1S/C26H20N2O/c29-25-15-17-28(22-12-10-20(11-13-22)19-6-4-5-7-19)18-24(25)23-14-16-27-26(23)21-8-2-1-3-9-21/h1-19,26H. The van der Waals surface area contributed by atoms with Gasteiger partial charge in [0.2, 0.25) is 0 Å². The van der Waals surface area contributed by atoms with E-state index in [1.54, 1.807) is 12.3 Å². The van der Waals surface area contributed by atoms with Crippen molar-refractivity contribution in [1.82, 2.24) is 4.57 Å². The Hall–Kier alpha value is -3.72. The van der Waals surface area contributed by atoms with Crippen molar-refractivity contribution < 1.29 is 0 Å². The Bertz CT molecular complexity index is 1200. The SMILES string of the molecule is O=c1ccn(-c2ccc(C3C=CC=C3)cc2)cc1C1=CC=NC1c1ccccc1. The van der Waals surface area contributed by atoms with E-state index >= 15 is 0 Å². The zero-order valence-corrected chi connectivity index (χ0v) is 15.8. The maximum absolute atomic E-state index is 12.7. The van der Waals surface area contributed by atoms with Crippen molar-refractivity contribution in [3.8, 4) is 5.69 Å². The molecule has 29 heavy (non-hydrogen) atoms. The number of allylic oxidation sites excluding steroid dienone is 5. The largest absolute Gasteiger partial charge is 0.323 e. The van der Waals surface area contributed by atoms with E-state index in [-0.39, 0.29) is 11.5 Å². The molecule has 1 aromatic heterocycles. The van der Waals surface area contributed by atoms with Gasteiger partial charge in [0.05, 0.1) is 0 Å². The van der Waals surface area contributed by atoms with Gasteiger partial charge in [-0.25, -0.2) is 0 Å². The average molecular weight is 376 g/mol. The predicted molar refractivity (Wildman–Crippen MR) is 119 cm³/mol. The molecule has 0 spiro atoms. The summed E-state index contributed by atoms with van der Waals surface area (Å²) < 4.78 is 2.00. The van der Waals surface area contributed by atoms with E-state index in [0.29, 0.717) is 11.5 Å². The lowest BCUT2D eigenvalue weighted by atomic mass is 9.95. The van der Waals surface area contributed by atoms with Crippen molar-refractivity contribution in [1.29, 1.82) is 0 Å². The highest BCUT2D eigenvalue weighted by atomic mass is 16.1. The number of hydrogen-bond acceptors (Lipinski definition) is 2. The van der Waals surface area contributed by atoms with Gasteiger partial charge in [-0.1, -0.05) is 66.8 Å². The van der Waals surface area contributed by atoms with Crippen molar-refractivity contribution in [3.63, 3.8) is 0 Å². The summed E-state index contributed by atoms with van der Waals surface area (Å²) in [6.45, 7) is 0. The van der Waals surface area contributed by atoms with E-state index in [0.717, 1.165) is 16.8 Å². The number of benzene rings is 2. The molecule has 0 radical (unpaired) electrons. The average Bonchev–Trinajstić information content (AvgIpc) is 3.47. The number of aliphatic imine (C=N–C) groups is 1. The summed E-state index contributed by atoms with van der Waals surface area (Å²) in [6.07, 6.45) is 16.0. The van der Waals surface area contributed by atoms with Gasteiger partial charge in [0.25, 0.3) is 0 Å². The topological polar surface area (TPSA) is 34.4 Å². The Morgan fingerprint density at radius 2 is 1.59 bits per heavy atom.